The van der Waals surface area contributed by atoms with Crippen molar-refractivity contribution in [2.45, 2.75) is 25.7 Å². The summed E-state index contributed by atoms with van der Waals surface area (Å²) in [5.74, 6) is 1.57. The molecule has 0 radical (unpaired) electrons. The number of ether oxygens (including phenoxy) is 1. The summed E-state index contributed by atoms with van der Waals surface area (Å²) >= 11 is 0. The third kappa shape index (κ3) is 4.56. The molecule has 4 aromatic rings. The van der Waals surface area contributed by atoms with Gasteiger partial charge in [-0.1, -0.05) is 6.42 Å². The van der Waals surface area contributed by atoms with Gasteiger partial charge >= 0.3 is 0 Å². The molecule has 31 heavy (non-hydrogen) atoms. The van der Waals surface area contributed by atoms with Gasteiger partial charge in [-0.3, -0.25) is 4.98 Å². The molecule has 0 bridgehead atoms. The fourth-order valence-electron chi connectivity index (χ4n) is 4.00. The van der Waals surface area contributed by atoms with E-state index in [0.29, 0.717) is 11.5 Å². The summed E-state index contributed by atoms with van der Waals surface area (Å²) in [7, 11) is 0. The zero-order valence-corrected chi connectivity index (χ0v) is 17.5. The molecule has 0 N–H and O–H groups in total. The second kappa shape index (κ2) is 9.22. The summed E-state index contributed by atoms with van der Waals surface area (Å²) in [6.07, 6.45) is 8.61. The Bertz CT molecular complexity index is 1120. The van der Waals surface area contributed by atoms with Gasteiger partial charge in [0, 0.05) is 30.1 Å². The lowest BCUT2D eigenvalue weighted by atomic mass is 10.1. The number of hydrogen-bond donors (Lipinski definition) is 0. The number of aromatic nitrogens is 5. The van der Waals surface area contributed by atoms with Crippen LogP contribution in [0.3, 0.4) is 0 Å². The van der Waals surface area contributed by atoms with Gasteiger partial charge in [-0.15, -0.1) is 10.2 Å². The maximum atomic E-state index is 5.94. The molecule has 0 unspecified atom stereocenters. The highest BCUT2D eigenvalue weighted by Crippen LogP contribution is 2.23. The van der Waals surface area contributed by atoms with Crippen LogP contribution in [-0.4, -0.2) is 55.9 Å². The molecule has 5 rings (SSSR count). The minimum absolute atomic E-state index is 0.679. The fourth-order valence-corrected chi connectivity index (χ4v) is 4.00. The van der Waals surface area contributed by atoms with E-state index in [1.165, 1.54) is 32.4 Å². The predicted molar refractivity (Wildman–Crippen MR) is 120 cm³/mol. The number of rotatable bonds is 7. The minimum Gasteiger partial charge on any atom is -0.494 e. The van der Waals surface area contributed by atoms with Crippen molar-refractivity contribution >= 4 is 5.65 Å². The smallest absolute Gasteiger partial charge is 0.186 e. The van der Waals surface area contributed by atoms with E-state index in [0.717, 1.165) is 42.1 Å². The van der Waals surface area contributed by atoms with Crippen LogP contribution in [0.2, 0.25) is 0 Å². The maximum absolute atomic E-state index is 5.94. The predicted octanol–water partition coefficient (Wildman–Crippen LogP) is 4.11. The molecule has 4 heterocycles. The molecule has 0 atom stereocenters. The number of hydrogen-bond acceptors (Lipinski definition) is 6. The average Bonchev–Trinajstić information content (AvgIpc) is 3.27. The van der Waals surface area contributed by atoms with Crippen LogP contribution < -0.4 is 4.74 Å². The van der Waals surface area contributed by atoms with E-state index < -0.39 is 0 Å². The summed E-state index contributed by atoms with van der Waals surface area (Å²) in [6, 6.07) is 15.8. The van der Waals surface area contributed by atoms with Crippen LogP contribution in [-0.2, 0) is 0 Å². The topological polar surface area (TPSA) is 68.4 Å². The van der Waals surface area contributed by atoms with Crippen molar-refractivity contribution in [3.05, 3.63) is 60.9 Å². The van der Waals surface area contributed by atoms with Gasteiger partial charge in [0.2, 0.25) is 0 Å². The Balaban J connectivity index is 1.25. The second-order valence-corrected chi connectivity index (χ2v) is 7.88. The largest absolute Gasteiger partial charge is 0.494 e. The standard InChI is InChI=1S/C24H26N6O/c1-2-14-29(15-3-1)16-5-17-31-21-9-7-19(8-10-21)22-11-12-23-26-27-24(30(23)28-22)20-6-4-13-25-18-20/h4,6-13,18H,1-3,5,14-17H2. The zero-order chi connectivity index (χ0) is 20.9. The van der Waals surface area contributed by atoms with Gasteiger partial charge < -0.3 is 9.64 Å². The van der Waals surface area contributed by atoms with Gasteiger partial charge in [0.15, 0.2) is 11.5 Å². The SMILES string of the molecule is c1cncc(-c2nnc3ccc(-c4ccc(OCCCN5CCCCC5)cc4)nn23)c1. The van der Waals surface area contributed by atoms with Crippen LogP contribution in [0.1, 0.15) is 25.7 Å². The van der Waals surface area contributed by atoms with Crippen molar-refractivity contribution in [1.82, 2.24) is 29.7 Å². The summed E-state index contributed by atoms with van der Waals surface area (Å²) in [5, 5.41) is 13.3. The van der Waals surface area contributed by atoms with E-state index >= 15 is 0 Å². The lowest BCUT2D eigenvalue weighted by Gasteiger charge is -2.26. The van der Waals surface area contributed by atoms with Crippen LogP contribution in [0.15, 0.2) is 60.9 Å². The number of pyridine rings is 1. The first-order chi connectivity index (χ1) is 15.4. The van der Waals surface area contributed by atoms with Crippen LogP contribution in [0.25, 0.3) is 28.3 Å². The molecule has 0 saturated carbocycles. The number of benzene rings is 1. The maximum Gasteiger partial charge on any atom is 0.186 e. The number of fused-ring (bicyclic) bond motifs is 1. The van der Waals surface area contributed by atoms with Crippen LogP contribution in [0, 0.1) is 0 Å². The first-order valence-electron chi connectivity index (χ1n) is 11.0. The summed E-state index contributed by atoms with van der Waals surface area (Å²) in [6.45, 7) is 4.34. The zero-order valence-electron chi connectivity index (χ0n) is 17.5. The van der Waals surface area contributed by atoms with Crippen molar-refractivity contribution in [2.75, 3.05) is 26.2 Å². The monoisotopic (exact) mass is 414 g/mol. The highest BCUT2D eigenvalue weighted by molar-refractivity contribution is 5.63. The van der Waals surface area contributed by atoms with Gasteiger partial charge in [-0.2, -0.15) is 9.61 Å². The van der Waals surface area contributed by atoms with Crippen molar-refractivity contribution in [3.8, 4) is 28.4 Å². The van der Waals surface area contributed by atoms with E-state index in [9.17, 15) is 0 Å². The molecule has 1 aliphatic rings. The second-order valence-electron chi connectivity index (χ2n) is 7.88. The first kappa shape index (κ1) is 19.6. The number of nitrogens with zero attached hydrogens (tertiary/aromatic N) is 6. The van der Waals surface area contributed by atoms with Crippen molar-refractivity contribution < 1.29 is 4.74 Å². The highest BCUT2D eigenvalue weighted by atomic mass is 16.5. The Labute approximate surface area is 181 Å². The molecule has 0 amide bonds. The number of piperidine rings is 1. The van der Waals surface area contributed by atoms with E-state index in [4.69, 9.17) is 9.84 Å². The summed E-state index contributed by atoms with van der Waals surface area (Å²) in [5.41, 5.74) is 3.46. The Kier molecular flexibility index (Phi) is 5.84. The third-order valence-electron chi connectivity index (χ3n) is 5.67. The lowest BCUT2D eigenvalue weighted by Crippen LogP contribution is -2.31. The summed E-state index contributed by atoms with van der Waals surface area (Å²) in [4.78, 5) is 6.71. The van der Waals surface area contributed by atoms with Crippen LogP contribution in [0.5, 0.6) is 5.75 Å². The molecule has 158 valence electrons. The average molecular weight is 415 g/mol. The molecule has 1 aliphatic heterocycles. The van der Waals surface area contributed by atoms with E-state index in [1.807, 2.05) is 48.5 Å². The molecule has 7 heteroatoms. The molecular formula is C24H26N6O. The quantitative estimate of drug-likeness (QED) is 0.424. The molecule has 1 aromatic carbocycles. The van der Waals surface area contributed by atoms with Crippen LogP contribution in [0.4, 0.5) is 0 Å². The van der Waals surface area contributed by atoms with E-state index in [2.05, 4.69) is 20.1 Å². The van der Waals surface area contributed by atoms with E-state index in [1.54, 1.807) is 16.9 Å². The Morgan fingerprint density at radius 3 is 2.55 bits per heavy atom. The Morgan fingerprint density at radius 2 is 1.74 bits per heavy atom. The normalized spacial score (nSPS) is 14.7. The van der Waals surface area contributed by atoms with Gasteiger partial charge in [0.1, 0.15) is 5.75 Å². The third-order valence-corrected chi connectivity index (χ3v) is 5.67. The van der Waals surface area contributed by atoms with Crippen molar-refractivity contribution in [2.24, 2.45) is 0 Å². The molecule has 7 nitrogen and oxygen atoms in total. The van der Waals surface area contributed by atoms with Crippen LogP contribution >= 0.6 is 0 Å². The molecular weight excluding hydrogens is 388 g/mol. The molecule has 3 aromatic heterocycles. The molecule has 1 saturated heterocycles. The lowest BCUT2D eigenvalue weighted by molar-refractivity contribution is 0.205. The Hall–Kier alpha value is -3.32. The van der Waals surface area contributed by atoms with E-state index in [-0.39, 0.29) is 0 Å². The minimum atomic E-state index is 0.679. The van der Waals surface area contributed by atoms with Gasteiger partial charge in [-0.25, -0.2) is 0 Å². The van der Waals surface area contributed by atoms with Gasteiger partial charge in [0.05, 0.1) is 12.3 Å². The van der Waals surface area contributed by atoms with Gasteiger partial charge in [-0.05, 0) is 80.9 Å². The van der Waals surface area contributed by atoms with Crippen molar-refractivity contribution in [1.29, 1.82) is 0 Å². The number of likely N-dealkylation sites (tertiary alicyclic amines) is 1. The molecule has 0 spiro atoms. The first-order valence-corrected chi connectivity index (χ1v) is 11.0. The highest BCUT2D eigenvalue weighted by Gasteiger charge is 2.11. The molecule has 0 aliphatic carbocycles. The fraction of sp³-hybridized carbons (Fsp3) is 0.333. The summed E-state index contributed by atoms with van der Waals surface area (Å²) < 4.78 is 7.70. The van der Waals surface area contributed by atoms with Crippen molar-refractivity contribution in [3.63, 3.8) is 0 Å². The Morgan fingerprint density at radius 1 is 0.871 bits per heavy atom. The van der Waals surface area contributed by atoms with Gasteiger partial charge in [0.25, 0.3) is 0 Å². The molecule has 1 fully saturated rings.